The predicted molar refractivity (Wildman–Crippen MR) is 89.4 cm³/mol. The minimum atomic E-state index is 0.500. The van der Waals surface area contributed by atoms with Gasteiger partial charge in [0.2, 0.25) is 11.8 Å². The van der Waals surface area contributed by atoms with Crippen molar-refractivity contribution < 1.29 is 9.15 Å². The Kier molecular flexibility index (Phi) is 4.57. The van der Waals surface area contributed by atoms with Gasteiger partial charge in [-0.05, 0) is 42.3 Å². The molecule has 2 aromatic carbocycles. The molecule has 0 aliphatic carbocycles. The number of rotatable bonds is 6. The van der Waals surface area contributed by atoms with Crippen LogP contribution in [0.2, 0.25) is 0 Å². The Morgan fingerprint density at radius 2 is 1.83 bits per heavy atom. The lowest BCUT2D eigenvalue weighted by Gasteiger charge is -2.08. The van der Waals surface area contributed by atoms with Crippen molar-refractivity contribution in [3.8, 4) is 17.2 Å². The van der Waals surface area contributed by atoms with Crippen molar-refractivity contribution in [3.63, 3.8) is 0 Å². The van der Waals surface area contributed by atoms with Gasteiger partial charge in [-0.1, -0.05) is 25.1 Å². The molecule has 5 nitrogen and oxygen atoms in total. The molecule has 0 amide bonds. The fourth-order valence-electron chi connectivity index (χ4n) is 2.35. The van der Waals surface area contributed by atoms with Gasteiger partial charge >= 0.3 is 0 Å². The van der Waals surface area contributed by atoms with Gasteiger partial charge in [-0.3, -0.25) is 0 Å². The summed E-state index contributed by atoms with van der Waals surface area (Å²) in [5.41, 5.74) is 3.24. The van der Waals surface area contributed by atoms with Gasteiger partial charge in [0, 0.05) is 11.3 Å². The third-order valence-corrected chi connectivity index (χ3v) is 3.63. The molecule has 118 valence electrons. The monoisotopic (exact) mass is 309 g/mol. The van der Waals surface area contributed by atoms with Gasteiger partial charge in [-0.15, -0.1) is 10.2 Å². The van der Waals surface area contributed by atoms with E-state index in [9.17, 15) is 0 Å². The van der Waals surface area contributed by atoms with Crippen molar-refractivity contribution in [2.45, 2.75) is 19.9 Å². The van der Waals surface area contributed by atoms with E-state index in [0.29, 0.717) is 18.3 Å². The lowest BCUT2D eigenvalue weighted by atomic mass is 10.1. The number of aromatic nitrogens is 2. The van der Waals surface area contributed by atoms with E-state index in [2.05, 4.69) is 34.6 Å². The number of para-hydroxylation sites is 1. The van der Waals surface area contributed by atoms with Crippen LogP contribution in [0.15, 0.2) is 52.9 Å². The normalized spacial score (nSPS) is 10.5. The Bertz CT molecular complexity index is 766. The maximum Gasteiger partial charge on any atom is 0.247 e. The molecular weight excluding hydrogens is 290 g/mol. The average Bonchev–Trinajstić information content (AvgIpc) is 3.09. The molecule has 0 aliphatic rings. The van der Waals surface area contributed by atoms with E-state index in [1.165, 1.54) is 5.56 Å². The van der Waals surface area contributed by atoms with Crippen molar-refractivity contribution >= 4 is 5.69 Å². The highest BCUT2D eigenvalue weighted by Crippen LogP contribution is 2.22. The number of hydrogen-bond donors (Lipinski definition) is 1. The van der Waals surface area contributed by atoms with Crippen molar-refractivity contribution in [2.24, 2.45) is 0 Å². The predicted octanol–water partition coefficient (Wildman–Crippen LogP) is 3.92. The maximum absolute atomic E-state index is 5.71. The van der Waals surface area contributed by atoms with Crippen LogP contribution in [-0.4, -0.2) is 17.3 Å². The fourth-order valence-corrected chi connectivity index (χ4v) is 2.35. The summed E-state index contributed by atoms with van der Waals surface area (Å²) in [5.74, 6) is 1.86. The molecule has 0 bridgehead atoms. The summed E-state index contributed by atoms with van der Waals surface area (Å²) in [7, 11) is 1.64. The van der Waals surface area contributed by atoms with E-state index in [1.54, 1.807) is 7.11 Å². The molecule has 1 aromatic heterocycles. The molecule has 0 radical (unpaired) electrons. The summed E-state index contributed by atoms with van der Waals surface area (Å²) < 4.78 is 10.9. The molecule has 0 atom stereocenters. The second-order valence-corrected chi connectivity index (χ2v) is 5.09. The number of hydrogen-bond acceptors (Lipinski definition) is 5. The maximum atomic E-state index is 5.71. The topological polar surface area (TPSA) is 60.2 Å². The summed E-state index contributed by atoms with van der Waals surface area (Å²) in [6.45, 7) is 2.63. The first-order valence-electron chi connectivity index (χ1n) is 7.58. The summed E-state index contributed by atoms with van der Waals surface area (Å²) >= 11 is 0. The third-order valence-electron chi connectivity index (χ3n) is 3.63. The number of nitrogens with one attached hydrogen (secondary N) is 1. The van der Waals surface area contributed by atoms with Gasteiger partial charge < -0.3 is 14.5 Å². The third kappa shape index (κ3) is 3.51. The zero-order valence-corrected chi connectivity index (χ0v) is 13.2. The lowest BCUT2D eigenvalue weighted by Crippen LogP contribution is -2.02. The van der Waals surface area contributed by atoms with Gasteiger partial charge in [-0.25, -0.2) is 0 Å². The molecule has 0 fully saturated rings. The van der Waals surface area contributed by atoms with Gasteiger partial charge in [0.25, 0.3) is 0 Å². The van der Waals surface area contributed by atoms with Crippen LogP contribution >= 0.6 is 0 Å². The van der Waals surface area contributed by atoms with Gasteiger partial charge in [0.15, 0.2) is 0 Å². The Balaban J connectivity index is 1.69. The Labute approximate surface area is 135 Å². The SMILES string of the molecule is CCc1ccccc1NCc1nnc(-c2ccc(OC)cc2)o1. The van der Waals surface area contributed by atoms with Crippen LogP contribution in [0.25, 0.3) is 11.5 Å². The van der Waals surface area contributed by atoms with Crippen molar-refractivity contribution in [3.05, 3.63) is 60.0 Å². The summed E-state index contributed by atoms with van der Waals surface area (Å²) in [4.78, 5) is 0. The van der Waals surface area contributed by atoms with E-state index in [1.807, 2.05) is 36.4 Å². The summed E-state index contributed by atoms with van der Waals surface area (Å²) in [5, 5.41) is 11.5. The number of nitrogens with zero attached hydrogens (tertiary/aromatic N) is 2. The molecule has 0 saturated heterocycles. The standard InChI is InChI=1S/C18H19N3O2/c1-3-13-6-4-5-7-16(13)19-12-17-20-21-18(23-17)14-8-10-15(22-2)11-9-14/h4-11,19H,3,12H2,1-2H3. The van der Waals surface area contributed by atoms with Gasteiger partial charge in [-0.2, -0.15) is 0 Å². The smallest absolute Gasteiger partial charge is 0.247 e. The first kappa shape index (κ1) is 15.1. The zero-order chi connectivity index (χ0) is 16.1. The fraction of sp³-hybridized carbons (Fsp3) is 0.222. The van der Waals surface area contributed by atoms with E-state index >= 15 is 0 Å². The quantitative estimate of drug-likeness (QED) is 0.748. The first-order chi connectivity index (χ1) is 11.3. The number of methoxy groups -OCH3 is 1. The Hall–Kier alpha value is -2.82. The van der Waals surface area contributed by atoms with Crippen molar-refractivity contribution in [2.75, 3.05) is 12.4 Å². The largest absolute Gasteiger partial charge is 0.497 e. The van der Waals surface area contributed by atoms with Crippen LogP contribution < -0.4 is 10.1 Å². The Morgan fingerprint density at radius 1 is 1.04 bits per heavy atom. The molecule has 3 aromatic rings. The first-order valence-corrected chi connectivity index (χ1v) is 7.58. The Morgan fingerprint density at radius 3 is 2.57 bits per heavy atom. The number of benzene rings is 2. The summed E-state index contributed by atoms with van der Waals surface area (Å²) in [6.07, 6.45) is 0.976. The van der Waals surface area contributed by atoms with Crippen molar-refractivity contribution in [1.82, 2.24) is 10.2 Å². The van der Waals surface area contributed by atoms with E-state index in [0.717, 1.165) is 23.4 Å². The highest BCUT2D eigenvalue weighted by atomic mass is 16.5. The van der Waals surface area contributed by atoms with Crippen LogP contribution in [0.5, 0.6) is 5.75 Å². The highest BCUT2D eigenvalue weighted by Gasteiger charge is 2.09. The molecule has 1 N–H and O–H groups in total. The van der Waals surface area contributed by atoms with Gasteiger partial charge in [0.1, 0.15) is 5.75 Å². The number of aryl methyl sites for hydroxylation is 1. The van der Waals surface area contributed by atoms with Crippen LogP contribution in [0.4, 0.5) is 5.69 Å². The van der Waals surface area contributed by atoms with E-state index in [4.69, 9.17) is 9.15 Å². The molecule has 5 heteroatoms. The van der Waals surface area contributed by atoms with Crippen molar-refractivity contribution in [1.29, 1.82) is 0 Å². The van der Waals surface area contributed by atoms with Crippen LogP contribution in [0.1, 0.15) is 18.4 Å². The minimum Gasteiger partial charge on any atom is -0.497 e. The molecule has 0 aliphatic heterocycles. The number of ether oxygens (including phenoxy) is 1. The molecular formula is C18H19N3O2. The molecule has 0 spiro atoms. The second kappa shape index (κ2) is 6.96. The van der Waals surface area contributed by atoms with Crippen LogP contribution in [-0.2, 0) is 13.0 Å². The molecule has 1 heterocycles. The van der Waals surface area contributed by atoms with E-state index in [-0.39, 0.29) is 0 Å². The highest BCUT2D eigenvalue weighted by molar-refractivity contribution is 5.54. The van der Waals surface area contributed by atoms with Gasteiger partial charge in [0.05, 0.1) is 13.7 Å². The molecule has 23 heavy (non-hydrogen) atoms. The minimum absolute atomic E-state index is 0.500. The van der Waals surface area contributed by atoms with Crippen LogP contribution in [0, 0.1) is 0 Å². The van der Waals surface area contributed by atoms with Crippen LogP contribution in [0.3, 0.4) is 0 Å². The summed E-state index contributed by atoms with van der Waals surface area (Å²) in [6, 6.07) is 15.8. The second-order valence-electron chi connectivity index (χ2n) is 5.09. The zero-order valence-electron chi connectivity index (χ0n) is 13.2. The number of anilines is 1. The molecule has 3 rings (SSSR count). The van der Waals surface area contributed by atoms with E-state index < -0.39 is 0 Å². The lowest BCUT2D eigenvalue weighted by molar-refractivity contribution is 0.415. The molecule has 0 saturated carbocycles. The average molecular weight is 309 g/mol. The molecule has 0 unspecified atom stereocenters.